The van der Waals surface area contributed by atoms with Gasteiger partial charge in [0.1, 0.15) is 5.82 Å². The van der Waals surface area contributed by atoms with E-state index in [4.69, 9.17) is 0 Å². The molecule has 148 valence electrons. The van der Waals surface area contributed by atoms with E-state index < -0.39 is 5.41 Å². The summed E-state index contributed by atoms with van der Waals surface area (Å²) < 4.78 is 13.7. The Morgan fingerprint density at radius 2 is 1.71 bits per heavy atom. The van der Waals surface area contributed by atoms with E-state index in [1.807, 2.05) is 12.1 Å². The largest absolute Gasteiger partial charge is 0.351 e. The monoisotopic (exact) mass is 380 g/mol. The molecule has 1 saturated heterocycles. The van der Waals surface area contributed by atoms with Crippen molar-refractivity contribution in [2.75, 3.05) is 13.1 Å². The fraction of sp³-hybridized carbons (Fsp3) is 0.458. The van der Waals surface area contributed by atoms with Crippen molar-refractivity contribution in [2.45, 2.75) is 57.0 Å². The maximum absolute atomic E-state index is 13.7. The van der Waals surface area contributed by atoms with Crippen LogP contribution in [0.4, 0.5) is 4.39 Å². The fourth-order valence-electron chi connectivity index (χ4n) is 4.55. The zero-order valence-corrected chi connectivity index (χ0v) is 16.4. The molecule has 2 aliphatic rings. The Labute approximate surface area is 166 Å². The molecule has 2 fully saturated rings. The van der Waals surface area contributed by atoms with Gasteiger partial charge < -0.3 is 5.32 Å². The first kappa shape index (κ1) is 19.1. The second kappa shape index (κ2) is 8.44. The Bertz CT molecular complexity index is 825. The van der Waals surface area contributed by atoms with Gasteiger partial charge in [-0.2, -0.15) is 0 Å². The van der Waals surface area contributed by atoms with E-state index in [1.165, 1.54) is 42.5 Å². The number of carbonyl (C=O) groups excluding carboxylic acids is 1. The van der Waals surface area contributed by atoms with Gasteiger partial charge in [-0.25, -0.2) is 4.39 Å². The highest BCUT2D eigenvalue weighted by molar-refractivity contribution is 5.89. The highest BCUT2D eigenvalue weighted by Gasteiger charge is 2.45. The van der Waals surface area contributed by atoms with E-state index in [0.29, 0.717) is 6.54 Å². The van der Waals surface area contributed by atoms with Crippen LogP contribution in [0.15, 0.2) is 48.5 Å². The Balaban J connectivity index is 1.44. The first-order valence-electron chi connectivity index (χ1n) is 10.5. The number of nitrogens with one attached hydrogen (secondary N) is 1. The topological polar surface area (TPSA) is 32.3 Å². The average Bonchev–Trinajstić information content (AvgIpc) is 2.67. The van der Waals surface area contributed by atoms with Crippen molar-refractivity contribution >= 4 is 5.91 Å². The Kier molecular flexibility index (Phi) is 5.77. The minimum atomic E-state index is -0.566. The number of carbonyl (C=O) groups is 1. The summed E-state index contributed by atoms with van der Waals surface area (Å²) in [6.07, 6.45) is 6.46. The Hall–Kier alpha value is -2.20. The normalized spacial score (nSPS) is 19.0. The zero-order valence-electron chi connectivity index (χ0n) is 16.4. The molecule has 1 aliphatic heterocycles. The van der Waals surface area contributed by atoms with E-state index in [2.05, 4.69) is 28.4 Å². The molecule has 0 spiro atoms. The summed E-state index contributed by atoms with van der Waals surface area (Å²) in [7, 11) is 0. The molecule has 1 aliphatic carbocycles. The number of nitrogens with zero attached hydrogens (tertiary/aromatic N) is 1. The second-order valence-electron chi connectivity index (χ2n) is 8.23. The van der Waals surface area contributed by atoms with Gasteiger partial charge in [-0.1, -0.05) is 49.2 Å². The van der Waals surface area contributed by atoms with Crippen molar-refractivity contribution in [1.82, 2.24) is 10.2 Å². The molecule has 1 heterocycles. The predicted octanol–water partition coefficient (Wildman–Crippen LogP) is 4.55. The molecule has 28 heavy (non-hydrogen) atoms. The van der Waals surface area contributed by atoms with Gasteiger partial charge in [-0.15, -0.1) is 0 Å². The number of amides is 1. The highest BCUT2D eigenvalue weighted by Crippen LogP contribution is 2.44. The average molecular weight is 381 g/mol. The summed E-state index contributed by atoms with van der Waals surface area (Å²) in [6.45, 7) is 3.79. The van der Waals surface area contributed by atoms with Crippen LogP contribution < -0.4 is 5.32 Å². The van der Waals surface area contributed by atoms with Crippen LogP contribution in [0.3, 0.4) is 0 Å². The van der Waals surface area contributed by atoms with Crippen LogP contribution in [0, 0.1) is 5.82 Å². The van der Waals surface area contributed by atoms with Gasteiger partial charge in [0.2, 0.25) is 5.91 Å². The molecular weight excluding hydrogens is 351 g/mol. The van der Waals surface area contributed by atoms with E-state index in [0.717, 1.165) is 44.5 Å². The lowest BCUT2D eigenvalue weighted by atomic mass is 9.63. The number of hydrogen-bond acceptors (Lipinski definition) is 2. The maximum Gasteiger partial charge on any atom is 0.230 e. The van der Waals surface area contributed by atoms with Crippen LogP contribution in [0.2, 0.25) is 0 Å². The minimum absolute atomic E-state index is 0.0251. The number of halogens is 1. The van der Waals surface area contributed by atoms with Crippen LogP contribution in [-0.2, 0) is 23.3 Å². The lowest BCUT2D eigenvalue weighted by molar-refractivity contribution is -0.130. The van der Waals surface area contributed by atoms with Crippen LogP contribution in [0.5, 0.6) is 0 Å². The van der Waals surface area contributed by atoms with Gasteiger partial charge in [0.15, 0.2) is 0 Å². The molecule has 4 rings (SSSR count). The molecule has 0 bridgehead atoms. The van der Waals surface area contributed by atoms with Gasteiger partial charge in [0.05, 0.1) is 5.41 Å². The van der Waals surface area contributed by atoms with E-state index >= 15 is 0 Å². The van der Waals surface area contributed by atoms with E-state index in [9.17, 15) is 9.18 Å². The Morgan fingerprint density at radius 3 is 2.39 bits per heavy atom. The first-order chi connectivity index (χ1) is 13.7. The summed E-state index contributed by atoms with van der Waals surface area (Å²) in [5.41, 5.74) is 2.70. The highest BCUT2D eigenvalue weighted by atomic mass is 19.1. The van der Waals surface area contributed by atoms with Crippen molar-refractivity contribution in [1.29, 1.82) is 0 Å². The van der Waals surface area contributed by atoms with Crippen LogP contribution in [0.1, 0.15) is 55.2 Å². The maximum atomic E-state index is 13.7. The standard InChI is InChI=1S/C24H29FN2O/c25-22-11-6-10-21(16-22)24(12-7-13-24)23(28)26-17-19-8-2-3-9-20(19)18-27-14-4-1-5-15-27/h2-3,6,8-11,16H,1,4-5,7,12-15,17-18H2,(H,26,28). The third kappa shape index (κ3) is 3.97. The second-order valence-corrected chi connectivity index (χ2v) is 8.23. The van der Waals surface area contributed by atoms with Gasteiger partial charge in [0.25, 0.3) is 0 Å². The molecule has 0 atom stereocenters. The molecule has 1 saturated carbocycles. The minimum Gasteiger partial charge on any atom is -0.351 e. The number of rotatable bonds is 6. The lowest BCUT2D eigenvalue weighted by Gasteiger charge is -2.40. The summed E-state index contributed by atoms with van der Waals surface area (Å²) in [5, 5.41) is 3.16. The third-order valence-corrected chi connectivity index (χ3v) is 6.42. The SMILES string of the molecule is O=C(NCc1ccccc1CN1CCCCC1)C1(c2cccc(F)c2)CCC1. The van der Waals surface area contributed by atoms with Crippen molar-refractivity contribution in [3.8, 4) is 0 Å². The molecule has 0 unspecified atom stereocenters. The smallest absolute Gasteiger partial charge is 0.230 e. The molecule has 2 aromatic rings. The molecule has 4 heteroatoms. The summed E-state index contributed by atoms with van der Waals surface area (Å²) in [4.78, 5) is 15.6. The van der Waals surface area contributed by atoms with Crippen LogP contribution >= 0.6 is 0 Å². The fourth-order valence-corrected chi connectivity index (χ4v) is 4.55. The number of hydrogen-bond donors (Lipinski definition) is 1. The summed E-state index contributed by atoms with van der Waals surface area (Å²) in [6, 6.07) is 14.9. The van der Waals surface area contributed by atoms with Crippen molar-refractivity contribution in [3.05, 3.63) is 71.0 Å². The summed E-state index contributed by atoms with van der Waals surface area (Å²) in [5.74, 6) is -0.249. The number of piperidine rings is 1. The predicted molar refractivity (Wildman–Crippen MR) is 109 cm³/mol. The molecular formula is C24H29FN2O. The van der Waals surface area contributed by atoms with Gasteiger partial charge in [-0.05, 0) is 67.6 Å². The van der Waals surface area contributed by atoms with Crippen molar-refractivity contribution in [3.63, 3.8) is 0 Å². The quantitative estimate of drug-likeness (QED) is 0.797. The van der Waals surface area contributed by atoms with Gasteiger partial charge in [-0.3, -0.25) is 9.69 Å². The molecule has 2 aromatic carbocycles. The molecule has 3 nitrogen and oxygen atoms in total. The summed E-state index contributed by atoms with van der Waals surface area (Å²) >= 11 is 0. The van der Waals surface area contributed by atoms with Gasteiger partial charge >= 0.3 is 0 Å². The van der Waals surface area contributed by atoms with Crippen LogP contribution in [-0.4, -0.2) is 23.9 Å². The molecule has 0 aromatic heterocycles. The molecule has 1 N–H and O–H groups in total. The number of likely N-dealkylation sites (tertiary alicyclic amines) is 1. The molecule has 0 radical (unpaired) electrons. The van der Waals surface area contributed by atoms with Gasteiger partial charge in [0, 0.05) is 13.1 Å². The lowest BCUT2D eigenvalue weighted by Crippen LogP contribution is -2.49. The van der Waals surface area contributed by atoms with Crippen molar-refractivity contribution < 1.29 is 9.18 Å². The Morgan fingerprint density at radius 1 is 0.964 bits per heavy atom. The number of benzene rings is 2. The molecule has 1 amide bonds. The van der Waals surface area contributed by atoms with E-state index in [-0.39, 0.29) is 11.7 Å². The van der Waals surface area contributed by atoms with Crippen molar-refractivity contribution in [2.24, 2.45) is 0 Å². The zero-order chi connectivity index (χ0) is 19.4. The first-order valence-corrected chi connectivity index (χ1v) is 10.5. The van der Waals surface area contributed by atoms with E-state index in [1.54, 1.807) is 6.07 Å². The third-order valence-electron chi connectivity index (χ3n) is 6.42. The van der Waals surface area contributed by atoms with Crippen LogP contribution in [0.25, 0.3) is 0 Å².